The Hall–Kier alpha value is -2.49. The van der Waals surface area contributed by atoms with E-state index < -0.39 is 0 Å². The van der Waals surface area contributed by atoms with Crippen molar-refractivity contribution in [1.29, 1.82) is 0 Å². The van der Waals surface area contributed by atoms with Gasteiger partial charge in [-0.3, -0.25) is 4.98 Å². The van der Waals surface area contributed by atoms with Crippen LogP contribution in [-0.2, 0) is 12.0 Å². The van der Waals surface area contributed by atoms with Crippen molar-refractivity contribution >= 4 is 11.0 Å². The van der Waals surface area contributed by atoms with Gasteiger partial charge in [0.25, 0.3) is 0 Å². The van der Waals surface area contributed by atoms with E-state index in [4.69, 9.17) is 4.74 Å². The number of rotatable bonds is 3. The molecule has 0 aliphatic heterocycles. The summed E-state index contributed by atoms with van der Waals surface area (Å²) in [7, 11) is 0. The van der Waals surface area contributed by atoms with Crippen LogP contribution in [0.15, 0.2) is 49.1 Å². The van der Waals surface area contributed by atoms with Gasteiger partial charge in [-0.05, 0) is 35.2 Å². The molecule has 0 amide bonds. The standard InChI is InChI=1S/C18H19N3O/c1-18(2,3)14-9-13(10-19-11-14)12-22-16-6-8-21-17-15(16)5-4-7-20-17/h4-11H,12H2,1-3H3. The molecule has 3 aromatic rings. The first-order chi connectivity index (χ1) is 10.5. The maximum absolute atomic E-state index is 5.95. The van der Waals surface area contributed by atoms with Gasteiger partial charge < -0.3 is 4.74 Å². The molecule has 0 N–H and O–H groups in total. The van der Waals surface area contributed by atoms with Crippen molar-refractivity contribution in [2.45, 2.75) is 32.8 Å². The molecule has 0 saturated heterocycles. The molecule has 3 heterocycles. The first kappa shape index (κ1) is 14.4. The zero-order chi connectivity index (χ0) is 15.6. The third kappa shape index (κ3) is 3.06. The highest BCUT2D eigenvalue weighted by Gasteiger charge is 2.14. The van der Waals surface area contributed by atoms with E-state index in [0.717, 1.165) is 16.7 Å². The van der Waals surface area contributed by atoms with Gasteiger partial charge in [0.1, 0.15) is 12.4 Å². The van der Waals surface area contributed by atoms with Crippen LogP contribution in [0.2, 0.25) is 0 Å². The maximum atomic E-state index is 5.95. The Bertz CT molecular complexity index is 788. The summed E-state index contributed by atoms with van der Waals surface area (Å²) in [5.74, 6) is 0.791. The van der Waals surface area contributed by atoms with Gasteiger partial charge in [0.05, 0.1) is 5.39 Å². The lowest BCUT2D eigenvalue weighted by Gasteiger charge is -2.19. The van der Waals surface area contributed by atoms with Gasteiger partial charge >= 0.3 is 0 Å². The Kier molecular flexibility index (Phi) is 3.75. The fraction of sp³-hybridized carbons (Fsp3) is 0.278. The zero-order valence-electron chi connectivity index (χ0n) is 13.1. The molecule has 3 rings (SSSR count). The summed E-state index contributed by atoms with van der Waals surface area (Å²) in [5, 5.41) is 0.921. The van der Waals surface area contributed by atoms with Gasteiger partial charge in [0.2, 0.25) is 0 Å². The first-order valence-electron chi connectivity index (χ1n) is 7.31. The van der Waals surface area contributed by atoms with Crippen LogP contribution in [-0.4, -0.2) is 15.0 Å². The molecule has 0 atom stereocenters. The molecule has 0 aliphatic rings. The second-order valence-electron chi connectivity index (χ2n) is 6.30. The number of nitrogens with zero attached hydrogens (tertiary/aromatic N) is 3. The maximum Gasteiger partial charge on any atom is 0.162 e. The minimum atomic E-state index is 0.0797. The quantitative estimate of drug-likeness (QED) is 0.734. The number of hydrogen-bond acceptors (Lipinski definition) is 4. The molecule has 0 radical (unpaired) electrons. The van der Waals surface area contributed by atoms with Gasteiger partial charge in [-0.25, -0.2) is 9.97 Å². The molecule has 0 unspecified atom stereocenters. The topological polar surface area (TPSA) is 47.9 Å². The minimum Gasteiger partial charge on any atom is -0.488 e. The average molecular weight is 293 g/mol. The summed E-state index contributed by atoms with van der Waals surface area (Å²) in [6, 6.07) is 7.87. The Morgan fingerprint density at radius 1 is 1.05 bits per heavy atom. The smallest absolute Gasteiger partial charge is 0.162 e. The van der Waals surface area contributed by atoms with Crippen LogP contribution in [0.4, 0.5) is 0 Å². The summed E-state index contributed by atoms with van der Waals surface area (Å²) in [6.07, 6.45) is 7.20. The van der Waals surface area contributed by atoms with Crippen molar-refractivity contribution in [2.75, 3.05) is 0 Å². The second kappa shape index (κ2) is 5.72. The molecule has 0 aliphatic carbocycles. The molecule has 0 aromatic carbocycles. The van der Waals surface area contributed by atoms with Crippen molar-refractivity contribution in [2.24, 2.45) is 0 Å². The van der Waals surface area contributed by atoms with Gasteiger partial charge in [0.15, 0.2) is 5.65 Å². The number of aromatic nitrogens is 3. The number of fused-ring (bicyclic) bond motifs is 1. The van der Waals surface area contributed by atoms with E-state index in [-0.39, 0.29) is 5.41 Å². The van der Waals surface area contributed by atoms with E-state index in [1.165, 1.54) is 5.56 Å². The van der Waals surface area contributed by atoms with Crippen molar-refractivity contribution < 1.29 is 4.74 Å². The molecule has 0 saturated carbocycles. The molecular weight excluding hydrogens is 274 g/mol. The molecular formula is C18H19N3O. The predicted molar refractivity (Wildman–Crippen MR) is 86.8 cm³/mol. The number of ether oxygens (including phenoxy) is 1. The van der Waals surface area contributed by atoms with E-state index in [1.54, 1.807) is 12.4 Å². The molecule has 3 aromatic heterocycles. The van der Waals surface area contributed by atoms with Crippen LogP contribution >= 0.6 is 0 Å². The van der Waals surface area contributed by atoms with Crippen molar-refractivity contribution in [3.05, 3.63) is 60.2 Å². The van der Waals surface area contributed by atoms with Crippen LogP contribution in [0.5, 0.6) is 5.75 Å². The predicted octanol–water partition coefficient (Wildman–Crippen LogP) is 3.90. The van der Waals surface area contributed by atoms with E-state index >= 15 is 0 Å². The third-order valence-corrected chi connectivity index (χ3v) is 3.53. The molecule has 0 fully saturated rings. The fourth-order valence-electron chi connectivity index (χ4n) is 2.22. The molecule has 4 heteroatoms. The van der Waals surface area contributed by atoms with Gasteiger partial charge in [-0.1, -0.05) is 20.8 Å². The Morgan fingerprint density at radius 2 is 1.86 bits per heavy atom. The second-order valence-corrected chi connectivity index (χ2v) is 6.30. The lowest BCUT2D eigenvalue weighted by Crippen LogP contribution is -2.12. The summed E-state index contributed by atoms with van der Waals surface area (Å²) < 4.78 is 5.95. The normalized spacial score (nSPS) is 11.6. The van der Waals surface area contributed by atoms with Crippen LogP contribution in [0.25, 0.3) is 11.0 Å². The fourth-order valence-corrected chi connectivity index (χ4v) is 2.22. The third-order valence-electron chi connectivity index (χ3n) is 3.53. The Balaban J connectivity index is 1.83. The molecule has 0 spiro atoms. The minimum absolute atomic E-state index is 0.0797. The van der Waals surface area contributed by atoms with E-state index in [9.17, 15) is 0 Å². The van der Waals surface area contributed by atoms with E-state index in [1.807, 2.05) is 30.6 Å². The lowest BCUT2D eigenvalue weighted by atomic mass is 9.88. The van der Waals surface area contributed by atoms with Crippen LogP contribution in [0.3, 0.4) is 0 Å². The lowest BCUT2D eigenvalue weighted by molar-refractivity contribution is 0.309. The molecule has 112 valence electrons. The highest BCUT2D eigenvalue weighted by molar-refractivity contribution is 5.81. The monoisotopic (exact) mass is 293 g/mol. The highest BCUT2D eigenvalue weighted by Crippen LogP contribution is 2.25. The number of pyridine rings is 3. The van der Waals surface area contributed by atoms with Crippen LogP contribution in [0.1, 0.15) is 31.9 Å². The molecule has 22 heavy (non-hydrogen) atoms. The van der Waals surface area contributed by atoms with Gasteiger partial charge in [-0.15, -0.1) is 0 Å². The Labute approximate surface area is 130 Å². The van der Waals surface area contributed by atoms with Crippen molar-refractivity contribution in [3.8, 4) is 5.75 Å². The zero-order valence-corrected chi connectivity index (χ0v) is 13.1. The summed E-state index contributed by atoms with van der Waals surface area (Å²) in [5.41, 5.74) is 3.04. The molecule has 4 nitrogen and oxygen atoms in total. The van der Waals surface area contributed by atoms with E-state index in [2.05, 4.69) is 41.8 Å². The average Bonchev–Trinajstić information content (AvgIpc) is 2.52. The number of hydrogen-bond donors (Lipinski definition) is 0. The van der Waals surface area contributed by atoms with Crippen LogP contribution in [0, 0.1) is 0 Å². The first-order valence-corrected chi connectivity index (χ1v) is 7.31. The van der Waals surface area contributed by atoms with Crippen molar-refractivity contribution in [1.82, 2.24) is 15.0 Å². The van der Waals surface area contributed by atoms with Crippen LogP contribution < -0.4 is 4.74 Å². The molecule has 0 bridgehead atoms. The summed E-state index contributed by atoms with van der Waals surface area (Å²) >= 11 is 0. The van der Waals surface area contributed by atoms with Gasteiger partial charge in [0, 0.05) is 30.4 Å². The van der Waals surface area contributed by atoms with E-state index in [0.29, 0.717) is 12.3 Å². The SMILES string of the molecule is CC(C)(C)c1cncc(COc2ccnc3ncccc23)c1. The van der Waals surface area contributed by atoms with Crippen molar-refractivity contribution in [3.63, 3.8) is 0 Å². The Morgan fingerprint density at radius 3 is 2.68 bits per heavy atom. The summed E-state index contributed by atoms with van der Waals surface area (Å²) in [6.45, 7) is 7.01. The largest absolute Gasteiger partial charge is 0.488 e. The summed E-state index contributed by atoms with van der Waals surface area (Å²) in [4.78, 5) is 12.8. The highest BCUT2D eigenvalue weighted by atomic mass is 16.5. The van der Waals surface area contributed by atoms with Gasteiger partial charge in [-0.2, -0.15) is 0 Å².